The molecule has 3 aromatic rings. The van der Waals surface area contributed by atoms with Gasteiger partial charge in [0.1, 0.15) is 17.1 Å². The highest BCUT2D eigenvalue weighted by Gasteiger charge is 2.17. The molecule has 0 atom stereocenters. The summed E-state index contributed by atoms with van der Waals surface area (Å²) in [5, 5.41) is 9.86. The van der Waals surface area contributed by atoms with Gasteiger partial charge in [0.05, 0.1) is 0 Å². The monoisotopic (exact) mass is 284 g/mol. The molecule has 3 rings (SSSR count). The maximum atomic E-state index is 12.2. The standard InChI is InChI=1S/C15H16N4O2/c1-9-6-7-12(21-9)13-10(2)14(18-17-13)16-15(20)11-5-4-8-19(11)3/h4-8H,1-3H3,(H2,16,17,18,20). The van der Waals surface area contributed by atoms with Gasteiger partial charge in [-0.05, 0) is 38.1 Å². The van der Waals surface area contributed by atoms with Crippen molar-refractivity contribution in [2.24, 2.45) is 7.05 Å². The van der Waals surface area contributed by atoms with Crippen molar-refractivity contribution in [1.82, 2.24) is 14.8 Å². The van der Waals surface area contributed by atoms with Crippen molar-refractivity contribution in [3.05, 3.63) is 47.5 Å². The van der Waals surface area contributed by atoms with Crippen LogP contribution >= 0.6 is 0 Å². The van der Waals surface area contributed by atoms with E-state index in [1.807, 2.05) is 45.3 Å². The van der Waals surface area contributed by atoms with Crippen LogP contribution in [0.2, 0.25) is 0 Å². The van der Waals surface area contributed by atoms with Crippen molar-refractivity contribution in [3.63, 3.8) is 0 Å². The summed E-state index contributed by atoms with van der Waals surface area (Å²) in [6.45, 7) is 3.77. The van der Waals surface area contributed by atoms with Gasteiger partial charge < -0.3 is 14.3 Å². The minimum Gasteiger partial charge on any atom is -0.460 e. The summed E-state index contributed by atoms with van der Waals surface area (Å²) in [5.41, 5.74) is 2.19. The van der Waals surface area contributed by atoms with Gasteiger partial charge in [0.25, 0.3) is 5.91 Å². The Morgan fingerprint density at radius 1 is 1.33 bits per heavy atom. The Balaban J connectivity index is 1.86. The second-order valence-corrected chi connectivity index (χ2v) is 4.94. The molecule has 21 heavy (non-hydrogen) atoms. The lowest BCUT2D eigenvalue weighted by molar-refractivity contribution is 0.101. The van der Waals surface area contributed by atoms with Crippen LogP contribution in [0.5, 0.6) is 0 Å². The molecule has 0 aliphatic rings. The molecular formula is C15H16N4O2. The summed E-state index contributed by atoms with van der Waals surface area (Å²) in [6.07, 6.45) is 1.82. The summed E-state index contributed by atoms with van der Waals surface area (Å²) in [5.74, 6) is 1.84. The van der Waals surface area contributed by atoms with Crippen molar-refractivity contribution < 1.29 is 9.21 Å². The van der Waals surface area contributed by atoms with E-state index in [4.69, 9.17) is 4.42 Å². The second kappa shape index (κ2) is 4.97. The van der Waals surface area contributed by atoms with Gasteiger partial charge in [-0.15, -0.1) is 0 Å². The zero-order valence-electron chi connectivity index (χ0n) is 12.1. The van der Waals surface area contributed by atoms with Crippen LogP contribution in [0.15, 0.2) is 34.9 Å². The fourth-order valence-electron chi connectivity index (χ4n) is 2.20. The number of anilines is 1. The normalized spacial score (nSPS) is 10.8. The first-order valence-corrected chi connectivity index (χ1v) is 6.60. The molecule has 0 saturated carbocycles. The predicted octanol–water partition coefficient (Wildman–Crippen LogP) is 2.88. The van der Waals surface area contributed by atoms with Crippen LogP contribution in [0, 0.1) is 13.8 Å². The third kappa shape index (κ3) is 2.35. The van der Waals surface area contributed by atoms with E-state index in [0.29, 0.717) is 17.3 Å². The van der Waals surface area contributed by atoms with E-state index in [1.54, 1.807) is 10.6 Å². The first kappa shape index (κ1) is 13.2. The number of aromatic nitrogens is 3. The van der Waals surface area contributed by atoms with E-state index in [9.17, 15) is 4.79 Å². The summed E-state index contributed by atoms with van der Waals surface area (Å²) in [6, 6.07) is 7.34. The van der Waals surface area contributed by atoms with Crippen molar-refractivity contribution >= 4 is 11.7 Å². The first-order valence-electron chi connectivity index (χ1n) is 6.60. The van der Waals surface area contributed by atoms with E-state index >= 15 is 0 Å². The zero-order chi connectivity index (χ0) is 15.0. The summed E-state index contributed by atoms with van der Waals surface area (Å²) < 4.78 is 7.33. The molecule has 1 amide bonds. The van der Waals surface area contributed by atoms with Gasteiger partial charge in [-0.1, -0.05) is 0 Å². The number of nitrogens with zero attached hydrogens (tertiary/aromatic N) is 2. The van der Waals surface area contributed by atoms with Crippen molar-refractivity contribution in [1.29, 1.82) is 0 Å². The molecule has 3 heterocycles. The number of amides is 1. The Hall–Kier alpha value is -2.76. The van der Waals surface area contributed by atoms with Crippen molar-refractivity contribution in [2.45, 2.75) is 13.8 Å². The van der Waals surface area contributed by atoms with Gasteiger partial charge >= 0.3 is 0 Å². The highest BCUT2D eigenvalue weighted by Crippen LogP contribution is 2.27. The molecule has 6 heteroatoms. The fourth-order valence-corrected chi connectivity index (χ4v) is 2.20. The molecule has 0 radical (unpaired) electrons. The number of aromatic amines is 1. The van der Waals surface area contributed by atoms with Gasteiger partial charge in [-0.2, -0.15) is 5.10 Å². The van der Waals surface area contributed by atoms with Gasteiger partial charge in [0.2, 0.25) is 0 Å². The lowest BCUT2D eigenvalue weighted by Crippen LogP contribution is -2.16. The summed E-state index contributed by atoms with van der Waals surface area (Å²) >= 11 is 0. The Morgan fingerprint density at radius 3 is 2.76 bits per heavy atom. The number of hydrogen-bond donors (Lipinski definition) is 2. The Morgan fingerprint density at radius 2 is 2.14 bits per heavy atom. The molecule has 0 saturated heterocycles. The van der Waals surface area contributed by atoms with Gasteiger partial charge in [-0.3, -0.25) is 9.89 Å². The van der Waals surface area contributed by atoms with E-state index in [0.717, 1.165) is 17.0 Å². The lowest BCUT2D eigenvalue weighted by Gasteiger charge is -2.04. The highest BCUT2D eigenvalue weighted by molar-refractivity contribution is 6.03. The fraction of sp³-hybridized carbons (Fsp3) is 0.200. The van der Waals surface area contributed by atoms with Crippen LogP contribution in [-0.2, 0) is 7.05 Å². The van der Waals surface area contributed by atoms with Crippen molar-refractivity contribution in [2.75, 3.05) is 5.32 Å². The molecule has 108 valence electrons. The minimum absolute atomic E-state index is 0.195. The van der Waals surface area contributed by atoms with Gasteiger partial charge in [0.15, 0.2) is 11.6 Å². The van der Waals surface area contributed by atoms with Crippen molar-refractivity contribution in [3.8, 4) is 11.5 Å². The van der Waals surface area contributed by atoms with Crippen LogP contribution in [-0.4, -0.2) is 20.7 Å². The Labute approximate surface area is 121 Å². The molecule has 0 aromatic carbocycles. The number of aryl methyl sites for hydroxylation is 2. The number of carbonyl (C=O) groups excluding carboxylic acids is 1. The van der Waals surface area contributed by atoms with E-state index in [2.05, 4.69) is 15.5 Å². The predicted molar refractivity (Wildman–Crippen MR) is 79.1 cm³/mol. The van der Waals surface area contributed by atoms with Crippen LogP contribution < -0.4 is 5.32 Å². The topological polar surface area (TPSA) is 75.8 Å². The third-order valence-electron chi connectivity index (χ3n) is 3.40. The SMILES string of the molecule is Cc1ccc(-c2[nH]nc(NC(=O)c3cccn3C)c2C)o1. The smallest absolute Gasteiger partial charge is 0.273 e. The quantitative estimate of drug-likeness (QED) is 0.776. The molecule has 0 unspecified atom stereocenters. The van der Waals surface area contributed by atoms with Gasteiger partial charge in [-0.25, -0.2) is 0 Å². The largest absolute Gasteiger partial charge is 0.460 e. The zero-order valence-corrected chi connectivity index (χ0v) is 12.1. The lowest BCUT2D eigenvalue weighted by atomic mass is 10.2. The van der Waals surface area contributed by atoms with Crippen LogP contribution in [0.1, 0.15) is 21.8 Å². The average Bonchev–Trinajstić information content (AvgIpc) is 3.13. The number of H-pyrrole nitrogens is 1. The number of nitrogens with one attached hydrogen (secondary N) is 2. The molecule has 3 aromatic heterocycles. The Kier molecular flexibility index (Phi) is 3.13. The molecule has 0 aliphatic carbocycles. The number of carbonyl (C=O) groups is 1. The second-order valence-electron chi connectivity index (χ2n) is 4.94. The van der Waals surface area contributed by atoms with Crippen LogP contribution in [0.4, 0.5) is 5.82 Å². The Bertz CT molecular complexity index is 794. The number of hydrogen-bond acceptors (Lipinski definition) is 3. The average molecular weight is 284 g/mol. The summed E-state index contributed by atoms with van der Waals surface area (Å²) in [7, 11) is 1.82. The molecule has 6 nitrogen and oxygen atoms in total. The highest BCUT2D eigenvalue weighted by atomic mass is 16.3. The molecular weight excluding hydrogens is 268 g/mol. The molecule has 0 bridgehead atoms. The first-order chi connectivity index (χ1) is 10.1. The number of furan rings is 1. The molecule has 0 aliphatic heterocycles. The minimum atomic E-state index is -0.195. The van der Waals surface area contributed by atoms with Crippen LogP contribution in [0.3, 0.4) is 0 Å². The van der Waals surface area contributed by atoms with E-state index in [1.165, 1.54) is 0 Å². The summed E-state index contributed by atoms with van der Waals surface area (Å²) in [4.78, 5) is 12.2. The van der Waals surface area contributed by atoms with Gasteiger partial charge in [0, 0.05) is 18.8 Å². The molecule has 2 N–H and O–H groups in total. The number of rotatable bonds is 3. The molecule has 0 spiro atoms. The maximum absolute atomic E-state index is 12.2. The van der Waals surface area contributed by atoms with Crippen LogP contribution in [0.25, 0.3) is 11.5 Å². The van der Waals surface area contributed by atoms with E-state index < -0.39 is 0 Å². The molecule has 0 fully saturated rings. The van der Waals surface area contributed by atoms with E-state index in [-0.39, 0.29) is 5.91 Å². The maximum Gasteiger partial charge on any atom is 0.273 e. The third-order valence-corrected chi connectivity index (χ3v) is 3.40.